The lowest BCUT2D eigenvalue weighted by Crippen LogP contribution is -2.15. The lowest BCUT2D eigenvalue weighted by atomic mass is 10.3. The molecule has 0 fully saturated rings. The monoisotopic (exact) mass is 346 g/mol. The van der Waals surface area contributed by atoms with E-state index in [1.165, 1.54) is 16.2 Å². The Hall–Kier alpha value is -1.99. The van der Waals surface area contributed by atoms with E-state index in [0.717, 1.165) is 22.0 Å². The van der Waals surface area contributed by atoms with Crippen LogP contribution in [0.3, 0.4) is 0 Å². The molecule has 0 spiro atoms. The molecule has 0 unspecified atom stereocenters. The molecule has 3 aromatic rings. The molecule has 23 heavy (non-hydrogen) atoms. The lowest BCUT2D eigenvalue weighted by Gasteiger charge is -2.04. The molecule has 0 saturated carbocycles. The third-order valence-electron chi connectivity index (χ3n) is 3.40. The minimum atomic E-state index is -0.0409. The number of nitrogens with zero attached hydrogens (tertiary/aromatic N) is 3. The fourth-order valence-electron chi connectivity index (χ4n) is 2.31. The molecule has 120 valence electrons. The van der Waals surface area contributed by atoms with Crippen LogP contribution in [0.25, 0.3) is 10.6 Å². The average Bonchev–Trinajstić information content (AvgIpc) is 3.18. The molecule has 0 aliphatic rings. The van der Waals surface area contributed by atoms with Gasteiger partial charge in [0.25, 0.3) is 0 Å². The van der Waals surface area contributed by atoms with Crippen molar-refractivity contribution < 1.29 is 4.79 Å². The first-order valence-electron chi connectivity index (χ1n) is 7.34. The smallest absolute Gasteiger partial charge is 0.228 e. The lowest BCUT2D eigenvalue weighted by molar-refractivity contribution is -0.116. The van der Waals surface area contributed by atoms with Crippen molar-refractivity contribution in [1.82, 2.24) is 14.8 Å². The normalized spacial score (nSPS) is 10.9. The summed E-state index contributed by atoms with van der Waals surface area (Å²) >= 11 is 3.16. The Balaban J connectivity index is 1.58. The number of thiophene rings is 1. The Morgan fingerprint density at radius 3 is 2.78 bits per heavy atom. The van der Waals surface area contributed by atoms with Gasteiger partial charge in [-0.25, -0.2) is 4.98 Å². The van der Waals surface area contributed by atoms with Gasteiger partial charge in [-0.2, -0.15) is 5.10 Å². The van der Waals surface area contributed by atoms with Crippen LogP contribution in [0.2, 0.25) is 0 Å². The van der Waals surface area contributed by atoms with E-state index < -0.39 is 0 Å². The van der Waals surface area contributed by atoms with Crippen molar-refractivity contribution in [2.75, 3.05) is 5.32 Å². The molecule has 7 heteroatoms. The van der Waals surface area contributed by atoms with Crippen LogP contribution in [-0.4, -0.2) is 20.7 Å². The number of amides is 1. The van der Waals surface area contributed by atoms with Crippen LogP contribution in [0.15, 0.2) is 23.6 Å². The van der Waals surface area contributed by atoms with Crippen LogP contribution in [0.1, 0.15) is 22.7 Å². The van der Waals surface area contributed by atoms with Crippen molar-refractivity contribution in [3.63, 3.8) is 0 Å². The predicted octanol–water partition coefficient (Wildman–Crippen LogP) is 4.02. The summed E-state index contributed by atoms with van der Waals surface area (Å²) in [7, 11) is 0. The number of aryl methyl sites for hydroxylation is 4. The molecule has 0 atom stereocenters. The summed E-state index contributed by atoms with van der Waals surface area (Å²) in [6.45, 7) is 6.59. The molecular weight excluding hydrogens is 328 g/mol. The van der Waals surface area contributed by atoms with E-state index >= 15 is 0 Å². The Bertz CT molecular complexity index is 831. The van der Waals surface area contributed by atoms with Crippen molar-refractivity contribution in [2.24, 2.45) is 0 Å². The fourth-order valence-corrected chi connectivity index (χ4v) is 3.94. The molecule has 3 heterocycles. The average molecular weight is 346 g/mol. The van der Waals surface area contributed by atoms with Gasteiger partial charge in [0.05, 0.1) is 16.3 Å². The first-order valence-corrected chi connectivity index (χ1v) is 9.04. The first kappa shape index (κ1) is 15.9. The summed E-state index contributed by atoms with van der Waals surface area (Å²) in [6.07, 6.45) is 0.384. The van der Waals surface area contributed by atoms with E-state index in [1.54, 1.807) is 11.3 Å². The van der Waals surface area contributed by atoms with E-state index in [1.807, 2.05) is 30.0 Å². The number of hydrogen-bond donors (Lipinski definition) is 1. The molecule has 0 aliphatic heterocycles. The largest absolute Gasteiger partial charge is 0.302 e. The molecule has 3 aromatic heterocycles. The van der Waals surface area contributed by atoms with Gasteiger partial charge in [-0.1, -0.05) is 0 Å². The quantitative estimate of drug-likeness (QED) is 0.759. The van der Waals surface area contributed by atoms with E-state index in [-0.39, 0.29) is 5.91 Å². The third-order valence-corrected chi connectivity index (χ3v) is 5.18. The highest BCUT2D eigenvalue weighted by Gasteiger charge is 2.10. The summed E-state index contributed by atoms with van der Waals surface area (Å²) in [5, 5.41) is 9.84. The molecule has 0 saturated heterocycles. The predicted molar refractivity (Wildman–Crippen MR) is 95.1 cm³/mol. The van der Waals surface area contributed by atoms with Gasteiger partial charge in [0, 0.05) is 28.9 Å². The number of carbonyl (C=O) groups is 1. The molecular formula is C16H18N4OS2. The van der Waals surface area contributed by atoms with Crippen molar-refractivity contribution in [2.45, 2.75) is 33.7 Å². The Morgan fingerprint density at radius 1 is 1.30 bits per heavy atom. The van der Waals surface area contributed by atoms with Gasteiger partial charge in [0.2, 0.25) is 5.91 Å². The Morgan fingerprint density at radius 2 is 2.13 bits per heavy atom. The van der Waals surface area contributed by atoms with E-state index in [2.05, 4.69) is 34.5 Å². The van der Waals surface area contributed by atoms with Crippen molar-refractivity contribution >= 4 is 33.7 Å². The van der Waals surface area contributed by atoms with Crippen molar-refractivity contribution in [3.05, 3.63) is 39.8 Å². The van der Waals surface area contributed by atoms with Crippen LogP contribution >= 0.6 is 22.7 Å². The van der Waals surface area contributed by atoms with Crippen LogP contribution in [0, 0.1) is 20.8 Å². The van der Waals surface area contributed by atoms with Gasteiger partial charge in [0.15, 0.2) is 5.13 Å². The molecule has 0 bridgehead atoms. The summed E-state index contributed by atoms with van der Waals surface area (Å²) in [6, 6.07) is 6.14. The van der Waals surface area contributed by atoms with Gasteiger partial charge >= 0.3 is 0 Å². The number of nitrogens with one attached hydrogen (secondary N) is 1. The fraction of sp³-hybridized carbons (Fsp3) is 0.312. The van der Waals surface area contributed by atoms with Gasteiger partial charge < -0.3 is 5.32 Å². The minimum absolute atomic E-state index is 0.0409. The Kier molecular flexibility index (Phi) is 4.58. The maximum Gasteiger partial charge on any atom is 0.228 e. The van der Waals surface area contributed by atoms with Gasteiger partial charge in [0.1, 0.15) is 0 Å². The molecule has 1 amide bonds. The van der Waals surface area contributed by atoms with Crippen molar-refractivity contribution in [3.8, 4) is 10.6 Å². The van der Waals surface area contributed by atoms with Crippen LogP contribution in [0.5, 0.6) is 0 Å². The number of aromatic nitrogens is 3. The van der Waals surface area contributed by atoms with E-state index in [9.17, 15) is 4.79 Å². The molecule has 3 rings (SSSR count). The highest BCUT2D eigenvalue weighted by Crippen LogP contribution is 2.30. The second kappa shape index (κ2) is 6.64. The number of thiazole rings is 1. The summed E-state index contributed by atoms with van der Waals surface area (Å²) in [4.78, 5) is 18.9. The standard InChI is InChI=1S/C16H18N4OS2/c1-10-8-11(2)20(19-10)7-6-15(21)18-16-17-13(9-22-16)14-5-4-12(3)23-14/h4-5,8-9H,6-7H2,1-3H3,(H,17,18,21). The topological polar surface area (TPSA) is 59.8 Å². The number of carbonyl (C=O) groups excluding carboxylic acids is 1. The summed E-state index contributed by atoms with van der Waals surface area (Å²) < 4.78 is 1.86. The third kappa shape index (κ3) is 3.86. The maximum atomic E-state index is 12.1. The van der Waals surface area contributed by atoms with Crippen molar-refractivity contribution in [1.29, 1.82) is 0 Å². The van der Waals surface area contributed by atoms with Crippen LogP contribution in [-0.2, 0) is 11.3 Å². The van der Waals surface area contributed by atoms with E-state index in [4.69, 9.17) is 0 Å². The zero-order valence-electron chi connectivity index (χ0n) is 13.3. The molecule has 0 aromatic carbocycles. The molecule has 0 aliphatic carbocycles. The number of rotatable bonds is 5. The SMILES string of the molecule is Cc1cc(C)n(CCC(=O)Nc2nc(-c3ccc(C)s3)cs2)n1. The number of anilines is 1. The second-order valence-corrected chi connectivity index (χ2v) is 7.54. The molecule has 5 nitrogen and oxygen atoms in total. The zero-order valence-corrected chi connectivity index (χ0v) is 14.9. The maximum absolute atomic E-state index is 12.1. The first-order chi connectivity index (χ1) is 11.0. The molecule has 1 N–H and O–H groups in total. The summed E-state index contributed by atoms with van der Waals surface area (Å²) in [5.41, 5.74) is 2.96. The highest BCUT2D eigenvalue weighted by atomic mass is 32.1. The van der Waals surface area contributed by atoms with E-state index in [0.29, 0.717) is 18.1 Å². The van der Waals surface area contributed by atoms with Gasteiger partial charge in [-0.3, -0.25) is 9.48 Å². The zero-order chi connectivity index (χ0) is 16.4. The van der Waals surface area contributed by atoms with Gasteiger partial charge in [-0.05, 0) is 39.0 Å². The summed E-state index contributed by atoms with van der Waals surface area (Å²) in [5.74, 6) is -0.0409. The number of hydrogen-bond acceptors (Lipinski definition) is 5. The molecule has 0 radical (unpaired) electrons. The van der Waals surface area contributed by atoms with Gasteiger partial charge in [-0.15, -0.1) is 22.7 Å². The van der Waals surface area contributed by atoms with Crippen LogP contribution in [0.4, 0.5) is 5.13 Å². The Labute approximate surface area is 143 Å². The second-order valence-electron chi connectivity index (χ2n) is 5.40. The highest BCUT2D eigenvalue weighted by molar-refractivity contribution is 7.17. The minimum Gasteiger partial charge on any atom is -0.302 e. The van der Waals surface area contributed by atoms with Crippen LogP contribution < -0.4 is 5.32 Å².